The lowest BCUT2D eigenvalue weighted by Gasteiger charge is -2.01. The Morgan fingerprint density at radius 3 is 2.91 bits per heavy atom. The van der Waals surface area contributed by atoms with Gasteiger partial charge in [0.25, 0.3) is 0 Å². The highest BCUT2D eigenvalue weighted by Gasteiger charge is 2.17. The first kappa shape index (κ1) is 15.9. The molecule has 5 nitrogen and oxygen atoms in total. The van der Waals surface area contributed by atoms with Crippen LogP contribution in [0.5, 0.6) is 11.5 Å². The van der Waals surface area contributed by atoms with Gasteiger partial charge >= 0.3 is 0 Å². The van der Waals surface area contributed by atoms with Gasteiger partial charge in [0.05, 0.1) is 10.7 Å². The second kappa shape index (κ2) is 7.52. The van der Waals surface area contributed by atoms with Crippen molar-refractivity contribution in [1.29, 1.82) is 0 Å². The van der Waals surface area contributed by atoms with Gasteiger partial charge in [0, 0.05) is 5.75 Å². The molecule has 0 radical (unpaired) electrons. The molecule has 0 aromatic heterocycles. The summed E-state index contributed by atoms with van der Waals surface area (Å²) in [7, 11) is 0. The molecule has 0 atom stereocenters. The molecule has 2 N–H and O–H groups in total. The highest BCUT2D eigenvalue weighted by Crippen LogP contribution is 2.39. The first-order chi connectivity index (χ1) is 11.2. The summed E-state index contributed by atoms with van der Waals surface area (Å²) in [4.78, 5) is 0. The third-order valence-electron chi connectivity index (χ3n) is 3.04. The largest absolute Gasteiger partial charge is 0.454 e. The molecule has 1 heterocycles. The molecule has 0 bridgehead atoms. The second-order valence-corrected chi connectivity index (χ2v) is 6.54. The molecule has 3 rings (SSSR count). The maximum absolute atomic E-state index is 5.85. The standard InChI is InChI=1S/C16H14BrN3O2S/c17-13-6-12(7-14-15(13)22-10-21-14)8-19-20-16(18)23-9-11-4-2-1-3-5-11/h1-8H,9-10H2,(H2,18,20). The van der Waals surface area contributed by atoms with Gasteiger partial charge in [-0.25, -0.2) is 0 Å². The third kappa shape index (κ3) is 4.27. The summed E-state index contributed by atoms with van der Waals surface area (Å²) in [6.45, 7) is 0.232. The Balaban J connectivity index is 1.60. The van der Waals surface area contributed by atoms with Crippen molar-refractivity contribution < 1.29 is 9.47 Å². The Hall–Kier alpha value is -1.99. The van der Waals surface area contributed by atoms with Crippen molar-refractivity contribution in [2.24, 2.45) is 15.9 Å². The fourth-order valence-corrected chi connectivity index (χ4v) is 3.16. The average molecular weight is 392 g/mol. The molecule has 1 aliphatic rings. The van der Waals surface area contributed by atoms with Crippen LogP contribution in [0.1, 0.15) is 11.1 Å². The number of benzene rings is 2. The Kier molecular flexibility index (Phi) is 5.19. The zero-order valence-corrected chi connectivity index (χ0v) is 14.5. The molecular formula is C16H14BrN3O2S. The first-order valence-corrected chi connectivity index (χ1v) is 8.62. The van der Waals surface area contributed by atoms with E-state index in [1.54, 1.807) is 6.21 Å². The summed E-state index contributed by atoms with van der Waals surface area (Å²) in [6.07, 6.45) is 1.63. The predicted octanol–water partition coefficient (Wildman–Crippen LogP) is 3.76. The van der Waals surface area contributed by atoms with Gasteiger partial charge in [0.1, 0.15) is 0 Å². The quantitative estimate of drug-likeness (QED) is 0.489. The number of amidine groups is 1. The number of hydrogen-bond donors (Lipinski definition) is 1. The number of nitrogens with zero attached hydrogens (tertiary/aromatic N) is 2. The van der Waals surface area contributed by atoms with Crippen LogP contribution in [0.15, 0.2) is 57.1 Å². The monoisotopic (exact) mass is 391 g/mol. The minimum Gasteiger partial charge on any atom is -0.454 e. The number of nitrogens with two attached hydrogens (primary N) is 1. The maximum atomic E-state index is 5.85. The molecule has 118 valence electrons. The number of thioether (sulfide) groups is 1. The average Bonchev–Trinajstić information content (AvgIpc) is 3.03. The van der Waals surface area contributed by atoms with Crippen LogP contribution in [0.2, 0.25) is 0 Å². The number of hydrogen-bond acceptors (Lipinski definition) is 5. The lowest BCUT2D eigenvalue weighted by atomic mass is 10.2. The highest BCUT2D eigenvalue weighted by molar-refractivity contribution is 9.10. The van der Waals surface area contributed by atoms with Crippen LogP contribution < -0.4 is 15.2 Å². The van der Waals surface area contributed by atoms with Crippen molar-refractivity contribution in [2.75, 3.05) is 6.79 Å². The third-order valence-corrected chi connectivity index (χ3v) is 4.49. The zero-order chi connectivity index (χ0) is 16.1. The van der Waals surface area contributed by atoms with Crippen LogP contribution in [-0.2, 0) is 5.75 Å². The van der Waals surface area contributed by atoms with Crippen LogP contribution in [0.4, 0.5) is 0 Å². The van der Waals surface area contributed by atoms with Crippen molar-refractivity contribution in [2.45, 2.75) is 5.75 Å². The molecular weight excluding hydrogens is 378 g/mol. The molecule has 0 spiro atoms. The highest BCUT2D eigenvalue weighted by atomic mass is 79.9. The van der Waals surface area contributed by atoms with Gasteiger partial charge in [0.15, 0.2) is 16.7 Å². The Bertz CT molecular complexity index is 750. The van der Waals surface area contributed by atoms with E-state index in [1.165, 1.54) is 17.3 Å². The summed E-state index contributed by atoms with van der Waals surface area (Å²) in [6, 6.07) is 13.8. The predicted molar refractivity (Wildman–Crippen MR) is 97.2 cm³/mol. The number of ether oxygens (including phenoxy) is 2. The smallest absolute Gasteiger partial charge is 0.231 e. The molecule has 1 aliphatic heterocycles. The summed E-state index contributed by atoms with van der Waals surface area (Å²) in [5.41, 5.74) is 7.90. The van der Waals surface area contributed by atoms with Crippen molar-refractivity contribution in [3.63, 3.8) is 0 Å². The van der Waals surface area contributed by atoms with Gasteiger partial charge in [-0.1, -0.05) is 42.1 Å². The van der Waals surface area contributed by atoms with Gasteiger partial charge in [-0.3, -0.25) is 0 Å². The van der Waals surface area contributed by atoms with E-state index in [-0.39, 0.29) is 6.79 Å². The molecule has 0 fully saturated rings. The van der Waals surface area contributed by atoms with Gasteiger partial charge in [-0.2, -0.15) is 5.10 Å². The molecule has 0 unspecified atom stereocenters. The van der Waals surface area contributed by atoms with Crippen molar-refractivity contribution >= 4 is 39.1 Å². The SMILES string of the molecule is NC(=NN=Cc1cc(Br)c2c(c1)OCO2)SCc1ccccc1. The van der Waals surface area contributed by atoms with E-state index in [2.05, 4.69) is 26.1 Å². The fraction of sp³-hybridized carbons (Fsp3) is 0.125. The topological polar surface area (TPSA) is 69.2 Å². The fourth-order valence-electron chi connectivity index (χ4n) is 1.97. The normalized spacial score (nSPS) is 13.7. The van der Waals surface area contributed by atoms with E-state index in [4.69, 9.17) is 15.2 Å². The molecule has 0 saturated heterocycles. The minimum absolute atomic E-state index is 0.232. The van der Waals surface area contributed by atoms with Crippen LogP contribution >= 0.6 is 27.7 Å². The van der Waals surface area contributed by atoms with Crippen LogP contribution in [0.25, 0.3) is 0 Å². The molecule has 7 heteroatoms. The number of rotatable bonds is 4. The van der Waals surface area contributed by atoms with Gasteiger partial charge in [0.2, 0.25) is 6.79 Å². The van der Waals surface area contributed by atoms with Crippen molar-refractivity contribution in [3.05, 3.63) is 58.1 Å². The molecule has 23 heavy (non-hydrogen) atoms. The van der Waals surface area contributed by atoms with Crippen LogP contribution in [-0.4, -0.2) is 18.2 Å². The van der Waals surface area contributed by atoms with E-state index in [0.717, 1.165) is 15.8 Å². The van der Waals surface area contributed by atoms with Gasteiger partial charge in [-0.15, -0.1) is 5.10 Å². The number of halogens is 1. The van der Waals surface area contributed by atoms with E-state index in [9.17, 15) is 0 Å². The molecule has 0 amide bonds. The molecule has 2 aromatic rings. The van der Waals surface area contributed by atoms with Gasteiger partial charge in [-0.05, 0) is 39.2 Å². The Morgan fingerprint density at radius 1 is 1.26 bits per heavy atom. The summed E-state index contributed by atoms with van der Waals surface area (Å²) >= 11 is 4.89. The van der Waals surface area contributed by atoms with E-state index < -0.39 is 0 Å². The lowest BCUT2D eigenvalue weighted by Crippen LogP contribution is -2.05. The Labute approximate surface area is 146 Å². The van der Waals surface area contributed by atoms with E-state index in [1.807, 2.05) is 42.5 Å². The van der Waals surface area contributed by atoms with E-state index >= 15 is 0 Å². The summed E-state index contributed by atoms with van der Waals surface area (Å²) < 4.78 is 11.5. The summed E-state index contributed by atoms with van der Waals surface area (Å²) in [5.74, 6) is 2.17. The van der Waals surface area contributed by atoms with Crippen LogP contribution in [0.3, 0.4) is 0 Å². The van der Waals surface area contributed by atoms with Gasteiger partial charge < -0.3 is 15.2 Å². The first-order valence-electron chi connectivity index (χ1n) is 6.85. The number of fused-ring (bicyclic) bond motifs is 1. The molecule has 0 saturated carbocycles. The minimum atomic E-state index is 0.232. The lowest BCUT2D eigenvalue weighted by molar-refractivity contribution is 0.173. The van der Waals surface area contributed by atoms with Crippen molar-refractivity contribution in [1.82, 2.24) is 0 Å². The van der Waals surface area contributed by atoms with Crippen LogP contribution in [0, 0.1) is 0 Å². The zero-order valence-electron chi connectivity index (χ0n) is 12.1. The maximum Gasteiger partial charge on any atom is 0.231 e. The second-order valence-electron chi connectivity index (χ2n) is 4.69. The molecule has 0 aliphatic carbocycles. The molecule has 2 aromatic carbocycles. The Morgan fingerprint density at radius 2 is 2.09 bits per heavy atom. The summed E-state index contributed by atoms with van der Waals surface area (Å²) in [5, 5.41) is 8.44. The van der Waals surface area contributed by atoms with E-state index in [0.29, 0.717) is 16.7 Å². The van der Waals surface area contributed by atoms with Crippen molar-refractivity contribution in [3.8, 4) is 11.5 Å².